The molecule has 0 spiro atoms. The summed E-state index contributed by atoms with van der Waals surface area (Å²) in [4.78, 5) is 22.3. The Bertz CT molecular complexity index is 503. The lowest BCUT2D eigenvalue weighted by Gasteiger charge is -2.18. The van der Waals surface area contributed by atoms with Gasteiger partial charge in [-0.25, -0.2) is 9.59 Å². The van der Waals surface area contributed by atoms with E-state index in [1.165, 1.54) is 0 Å². The minimum atomic E-state index is -2.00. The molecule has 0 aliphatic heterocycles. The standard InChI is InChI=1S/C12H15BrN2O4/c1-7-3-4-8(13)5-9(7)15-11(18)14-6-12(2,19)10(16)17/h3-5,19H,6H2,1-2H3,(H,16,17)(H2,14,15,18). The molecule has 0 heterocycles. The molecule has 1 unspecified atom stereocenters. The minimum absolute atomic E-state index is 0.388. The van der Waals surface area contributed by atoms with Gasteiger partial charge in [-0.3, -0.25) is 0 Å². The van der Waals surface area contributed by atoms with Crippen molar-refractivity contribution in [3.05, 3.63) is 28.2 Å². The Labute approximate surface area is 118 Å². The number of amides is 2. The van der Waals surface area contributed by atoms with Crippen LogP contribution in [0.1, 0.15) is 12.5 Å². The molecule has 0 aromatic heterocycles. The number of aliphatic carboxylic acids is 1. The van der Waals surface area contributed by atoms with Gasteiger partial charge >= 0.3 is 12.0 Å². The zero-order valence-corrected chi connectivity index (χ0v) is 12.1. The molecule has 1 aromatic rings. The molecule has 0 radical (unpaired) electrons. The Morgan fingerprint density at radius 2 is 2.05 bits per heavy atom. The van der Waals surface area contributed by atoms with Crippen molar-refractivity contribution in [2.24, 2.45) is 0 Å². The molecule has 0 aliphatic carbocycles. The molecule has 0 fully saturated rings. The molecule has 6 nitrogen and oxygen atoms in total. The van der Waals surface area contributed by atoms with Gasteiger partial charge in [-0.1, -0.05) is 22.0 Å². The van der Waals surface area contributed by atoms with Gasteiger partial charge in [0.2, 0.25) is 0 Å². The fraction of sp³-hybridized carbons (Fsp3) is 0.333. The molecule has 0 aliphatic rings. The molecular formula is C12H15BrN2O4. The van der Waals surface area contributed by atoms with Crippen LogP contribution in [-0.2, 0) is 4.79 Å². The Morgan fingerprint density at radius 1 is 1.42 bits per heavy atom. The topological polar surface area (TPSA) is 98.7 Å². The van der Waals surface area contributed by atoms with Crippen molar-refractivity contribution in [3.63, 3.8) is 0 Å². The average Bonchev–Trinajstić information content (AvgIpc) is 2.31. The Morgan fingerprint density at radius 3 is 2.63 bits per heavy atom. The quantitative estimate of drug-likeness (QED) is 0.675. The molecule has 0 saturated carbocycles. The lowest BCUT2D eigenvalue weighted by atomic mass is 10.1. The van der Waals surface area contributed by atoms with Crippen LogP contribution in [0.15, 0.2) is 22.7 Å². The molecule has 4 N–H and O–H groups in total. The smallest absolute Gasteiger partial charge is 0.337 e. The highest BCUT2D eigenvalue weighted by Crippen LogP contribution is 2.20. The van der Waals surface area contributed by atoms with E-state index >= 15 is 0 Å². The zero-order chi connectivity index (χ0) is 14.6. The van der Waals surface area contributed by atoms with E-state index in [-0.39, 0.29) is 6.54 Å². The van der Waals surface area contributed by atoms with Crippen LogP contribution in [0.25, 0.3) is 0 Å². The highest BCUT2D eigenvalue weighted by Gasteiger charge is 2.30. The third kappa shape index (κ3) is 4.53. The van der Waals surface area contributed by atoms with Crippen LogP contribution >= 0.6 is 15.9 Å². The number of hydrogen-bond acceptors (Lipinski definition) is 3. The number of halogens is 1. The number of anilines is 1. The first-order valence-electron chi connectivity index (χ1n) is 5.49. The number of aliphatic hydroxyl groups is 1. The van der Waals surface area contributed by atoms with Crippen LogP contribution in [0.4, 0.5) is 10.5 Å². The fourth-order valence-electron chi connectivity index (χ4n) is 1.22. The number of aryl methyl sites for hydroxylation is 1. The number of carboxylic acid groups (broad SMARTS) is 1. The number of urea groups is 1. The van der Waals surface area contributed by atoms with Crippen molar-refractivity contribution >= 4 is 33.6 Å². The average molecular weight is 331 g/mol. The minimum Gasteiger partial charge on any atom is -0.479 e. The number of carbonyl (C=O) groups is 2. The number of rotatable bonds is 4. The third-order valence-electron chi connectivity index (χ3n) is 2.50. The number of carboxylic acids is 1. The predicted octanol–water partition coefficient (Wildman–Crippen LogP) is 1.71. The maximum Gasteiger partial charge on any atom is 0.337 e. The molecular weight excluding hydrogens is 316 g/mol. The molecule has 104 valence electrons. The molecule has 2 amide bonds. The second-order valence-corrected chi connectivity index (χ2v) is 5.26. The van der Waals surface area contributed by atoms with Gasteiger partial charge in [0, 0.05) is 10.2 Å². The van der Waals surface area contributed by atoms with Gasteiger partial charge in [-0.05, 0) is 31.5 Å². The summed E-state index contributed by atoms with van der Waals surface area (Å²) in [6.45, 7) is 2.55. The summed E-state index contributed by atoms with van der Waals surface area (Å²) in [5.74, 6) is -1.40. The van der Waals surface area contributed by atoms with Gasteiger partial charge in [0.25, 0.3) is 0 Å². The normalized spacial score (nSPS) is 13.5. The number of benzene rings is 1. The zero-order valence-electron chi connectivity index (χ0n) is 10.5. The van der Waals surface area contributed by atoms with Crippen LogP contribution in [0.2, 0.25) is 0 Å². The Kier molecular flexibility index (Phi) is 4.90. The van der Waals surface area contributed by atoms with Gasteiger partial charge in [0.15, 0.2) is 5.60 Å². The maximum atomic E-state index is 11.6. The van der Waals surface area contributed by atoms with E-state index in [9.17, 15) is 14.7 Å². The summed E-state index contributed by atoms with van der Waals surface area (Å²) < 4.78 is 0.811. The van der Waals surface area contributed by atoms with E-state index in [4.69, 9.17) is 5.11 Å². The van der Waals surface area contributed by atoms with Crippen LogP contribution in [0.3, 0.4) is 0 Å². The van der Waals surface area contributed by atoms with Crippen LogP contribution in [0, 0.1) is 6.92 Å². The van der Waals surface area contributed by atoms with E-state index < -0.39 is 17.6 Å². The van der Waals surface area contributed by atoms with Crippen LogP contribution < -0.4 is 10.6 Å². The van der Waals surface area contributed by atoms with Crippen molar-refractivity contribution < 1.29 is 19.8 Å². The van der Waals surface area contributed by atoms with Gasteiger partial charge in [-0.2, -0.15) is 0 Å². The monoisotopic (exact) mass is 330 g/mol. The number of carbonyl (C=O) groups excluding carboxylic acids is 1. The Balaban J connectivity index is 2.61. The number of hydrogen-bond donors (Lipinski definition) is 4. The molecule has 1 aromatic carbocycles. The van der Waals surface area contributed by atoms with E-state index in [0.717, 1.165) is 17.0 Å². The molecule has 1 atom stereocenters. The van der Waals surface area contributed by atoms with E-state index in [1.807, 2.05) is 19.1 Å². The maximum absolute atomic E-state index is 11.6. The lowest BCUT2D eigenvalue weighted by Crippen LogP contribution is -2.47. The Hall–Kier alpha value is -1.60. The second-order valence-electron chi connectivity index (χ2n) is 4.35. The van der Waals surface area contributed by atoms with E-state index in [1.54, 1.807) is 6.07 Å². The van der Waals surface area contributed by atoms with Crippen LogP contribution in [-0.4, -0.2) is 34.4 Å². The lowest BCUT2D eigenvalue weighted by molar-refractivity contribution is -0.155. The molecule has 7 heteroatoms. The van der Waals surface area contributed by atoms with Gasteiger partial charge < -0.3 is 20.8 Å². The summed E-state index contributed by atoms with van der Waals surface area (Å²) in [6.07, 6.45) is 0. The van der Waals surface area contributed by atoms with E-state index in [2.05, 4.69) is 26.6 Å². The van der Waals surface area contributed by atoms with Gasteiger partial charge in [-0.15, -0.1) is 0 Å². The fourth-order valence-corrected chi connectivity index (χ4v) is 1.58. The third-order valence-corrected chi connectivity index (χ3v) is 2.99. The molecule has 0 bridgehead atoms. The SMILES string of the molecule is Cc1ccc(Br)cc1NC(=O)NCC(C)(O)C(=O)O. The molecule has 1 rings (SSSR count). The predicted molar refractivity (Wildman–Crippen MR) is 74.2 cm³/mol. The number of nitrogens with one attached hydrogen (secondary N) is 2. The van der Waals surface area contributed by atoms with Crippen molar-refractivity contribution in [1.29, 1.82) is 0 Å². The van der Waals surface area contributed by atoms with Crippen LogP contribution in [0.5, 0.6) is 0 Å². The van der Waals surface area contributed by atoms with Crippen molar-refractivity contribution in [2.75, 3.05) is 11.9 Å². The highest BCUT2D eigenvalue weighted by atomic mass is 79.9. The van der Waals surface area contributed by atoms with Crippen molar-refractivity contribution in [3.8, 4) is 0 Å². The van der Waals surface area contributed by atoms with Crippen molar-refractivity contribution in [1.82, 2.24) is 5.32 Å². The summed E-state index contributed by atoms with van der Waals surface area (Å²) in [7, 11) is 0. The van der Waals surface area contributed by atoms with Crippen molar-refractivity contribution in [2.45, 2.75) is 19.4 Å². The molecule has 0 saturated heterocycles. The summed E-state index contributed by atoms with van der Waals surface area (Å²) >= 11 is 3.29. The first kappa shape index (κ1) is 15.5. The van der Waals surface area contributed by atoms with E-state index in [0.29, 0.717) is 5.69 Å². The first-order chi connectivity index (χ1) is 8.72. The van der Waals surface area contributed by atoms with Gasteiger partial charge in [0.1, 0.15) is 0 Å². The summed E-state index contributed by atoms with van der Waals surface area (Å²) in [5.41, 5.74) is -0.533. The molecule has 19 heavy (non-hydrogen) atoms. The van der Waals surface area contributed by atoms with Gasteiger partial charge in [0.05, 0.1) is 6.54 Å². The second kappa shape index (κ2) is 6.03. The highest BCUT2D eigenvalue weighted by molar-refractivity contribution is 9.10. The summed E-state index contributed by atoms with van der Waals surface area (Å²) in [6, 6.07) is 4.81. The largest absolute Gasteiger partial charge is 0.479 e. The summed E-state index contributed by atoms with van der Waals surface area (Å²) in [5, 5.41) is 23.0. The first-order valence-corrected chi connectivity index (χ1v) is 6.28.